The topological polar surface area (TPSA) is 33.2 Å². The van der Waals surface area contributed by atoms with Crippen LogP contribution in [-0.2, 0) is 0 Å². The average molecular weight is 240 g/mol. The van der Waals surface area contributed by atoms with Crippen molar-refractivity contribution in [2.75, 3.05) is 13.6 Å². The maximum absolute atomic E-state index is 13.3. The van der Waals surface area contributed by atoms with Crippen LogP contribution >= 0.6 is 0 Å². The van der Waals surface area contributed by atoms with E-state index in [9.17, 15) is 13.6 Å². The lowest BCUT2D eigenvalue weighted by atomic mass is 10.2. The molecule has 0 bridgehead atoms. The molecule has 1 aromatic heterocycles. The number of hydrogen-bond donors (Lipinski definition) is 0. The second-order valence-electron chi connectivity index (χ2n) is 3.62. The summed E-state index contributed by atoms with van der Waals surface area (Å²) in [6.07, 6.45) is 4.32. The van der Waals surface area contributed by atoms with Gasteiger partial charge in [-0.3, -0.25) is 4.79 Å². The van der Waals surface area contributed by atoms with Gasteiger partial charge in [-0.05, 0) is 18.9 Å². The van der Waals surface area contributed by atoms with E-state index >= 15 is 0 Å². The summed E-state index contributed by atoms with van der Waals surface area (Å²) in [5.41, 5.74) is -0.293. The Labute approximate surface area is 98.8 Å². The minimum absolute atomic E-state index is 0.293. The fourth-order valence-corrected chi connectivity index (χ4v) is 1.36. The van der Waals surface area contributed by atoms with Crippen molar-refractivity contribution in [1.29, 1.82) is 0 Å². The van der Waals surface area contributed by atoms with Gasteiger partial charge in [0.1, 0.15) is 0 Å². The van der Waals surface area contributed by atoms with E-state index < -0.39 is 17.7 Å². The van der Waals surface area contributed by atoms with E-state index in [1.807, 2.05) is 0 Å². The Morgan fingerprint density at radius 1 is 1.59 bits per heavy atom. The molecule has 0 atom stereocenters. The van der Waals surface area contributed by atoms with Crippen LogP contribution in [0.1, 0.15) is 23.2 Å². The first kappa shape index (κ1) is 13.3. The van der Waals surface area contributed by atoms with Gasteiger partial charge >= 0.3 is 0 Å². The molecule has 1 amide bonds. The molecular weight excluding hydrogens is 226 g/mol. The number of carbonyl (C=O) groups is 1. The van der Waals surface area contributed by atoms with Crippen LogP contribution in [0.25, 0.3) is 0 Å². The molecule has 0 spiro atoms. The van der Waals surface area contributed by atoms with Crippen molar-refractivity contribution in [2.45, 2.75) is 12.8 Å². The SMILES string of the molecule is C=CCCCN(C)C(=O)c1ccnc(F)c1F. The highest BCUT2D eigenvalue weighted by Crippen LogP contribution is 2.11. The van der Waals surface area contributed by atoms with Crippen LogP contribution in [0.15, 0.2) is 24.9 Å². The molecule has 0 N–H and O–H groups in total. The van der Waals surface area contributed by atoms with Crippen molar-refractivity contribution in [3.63, 3.8) is 0 Å². The maximum Gasteiger partial charge on any atom is 0.256 e. The predicted octanol–water partition coefficient (Wildman–Crippen LogP) is 2.40. The molecule has 1 aromatic rings. The summed E-state index contributed by atoms with van der Waals surface area (Å²) in [7, 11) is 1.54. The monoisotopic (exact) mass is 240 g/mol. The van der Waals surface area contributed by atoms with Crippen molar-refractivity contribution < 1.29 is 13.6 Å². The summed E-state index contributed by atoms with van der Waals surface area (Å²) in [4.78, 5) is 16.3. The molecule has 1 heterocycles. The number of aromatic nitrogens is 1. The summed E-state index contributed by atoms with van der Waals surface area (Å²) in [5.74, 6) is -3.00. The van der Waals surface area contributed by atoms with Crippen LogP contribution in [-0.4, -0.2) is 29.4 Å². The lowest BCUT2D eigenvalue weighted by Gasteiger charge is -2.16. The number of halogens is 2. The number of rotatable bonds is 5. The third kappa shape index (κ3) is 3.34. The molecule has 0 aromatic carbocycles. The van der Waals surface area contributed by atoms with E-state index in [1.165, 1.54) is 11.0 Å². The molecule has 5 heteroatoms. The Balaban J connectivity index is 2.75. The Morgan fingerprint density at radius 2 is 2.29 bits per heavy atom. The van der Waals surface area contributed by atoms with Gasteiger partial charge in [0.25, 0.3) is 5.91 Å². The number of hydrogen-bond acceptors (Lipinski definition) is 2. The van der Waals surface area contributed by atoms with Gasteiger partial charge in [0.05, 0.1) is 5.56 Å². The molecule has 0 saturated carbocycles. The van der Waals surface area contributed by atoms with Crippen LogP contribution in [0.3, 0.4) is 0 Å². The highest BCUT2D eigenvalue weighted by atomic mass is 19.2. The van der Waals surface area contributed by atoms with E-state index in [2.05, 4.69) is 11.6 Å². The van der Waals surface area contributed by atoms with Gasteiger partial charge in [-0.1, -0.05) is 6.08 Å². The van der Waals surface area contributed by atoms with Crippen molar-refractivity contribution in [2.24, 2.45) is 0 Å². The fourth-order valence-electron chi connectivity index (χ4n) is 1.36. The molecule has 92 valence electrons. The molecule has 17 heavy (non-hydrogen) atoms. The zero-order valence-electron chi connectivity index (χ0n) is 9.62. The lowest BCUT2D eigenvalue weighted by Crippen LogP contribution is -2.28. The summed E-state index contributed by atoms with van der Waals surface area (Å²) in [6.45, 7) is 4.03. The predicted molar refractivity (Wildman–Crippen MR) is 60.5 cm³/mol. The van der Waals surface area contributed by atoms with E-state index in [-0.39, 0.29) is 5.56 Å². The van der Waals surface area contributed by atoms with Crippen LogP contribution in [0.5, 0.6) is 0 Å². The lowest BCUT2D eigenvalue weighted by molar-refractivity contribution is 0.0787. The van der Waals surface area contributed by atoms with Crippen molar-refractivity contribution in [3.8, 4) is 0 Å². The van der Waals surface area contributed by atoms with Crippen LogP contribution in [0.2, 0.25) is 0 Å². The number of pyridine rings is 1. The van der Waals surface area contributed by atoms with Gasteiger partial charge in [-0.25, -0.2) is 9.37 Å². The standard InChI is InChI=1S/C12H14F2N2O/c1-3-4-5-8-16(2)12(17)9-6-7-15-11(14)10(9)13/h3,6-7H,1,4-5,8H2,2H3. The smallest absolute Gasteiger partial charge is 0.256 e. The Morgan fingerprint density at radius 3 is 2.94 bits per heavy atom. The fraction of sp³-hybridized carbons (Fsp3) is 0.333. The third-order valence-corrected chi connectivity index (χ3v) is 2.33. The van der Waals surface area contributed by atoms with Gasteiger partial charge in [0, 0.05) is 19.8 Å². The number of nitrogens with zero attached hydrogens (tertiary/aromatic N) is 2. The highest BCUT2D eigenvalue weighted by Gasteiger charge is 2.18. The second-order valence-corrected chi connectivity index (χ2v) is 3.62. The summed E-state index contributed by atoms with van der Waals surface area (Å²) in [6, 6.07) is 1.17. The third-order valence-electron chi connectivity index (χ3n) is 2.33. The molecule has 3 nitrogen and oxygen atoms in total. The number of amides is 1. The number of allylic oxidation sites excluding steroid dienone is 1. The van der Waals surface area contributed by atoms with Crippen molar-refractivity contribution in [1.82, 2.24) is 9.88 Å². The van der Waals surface area contributed by atoms with Crippen molar-refractivity contribution >= 4 is 5.91 Å². The van der Waals surface area contributed by atoms with Crippen molar-refractivity contribution in [3.05, 3.63) is 42.2 Å². The van der Waals surface area contributed by atoms with E-state index in [0.717, 1.165) is 19.0 Å². The van der Waals surface area contributed by atoms with Crippen LogP contribution in [0.4, 0.5) is 8.78 Å². The zero-order chi connectivity index (χ0) is 12.8. The average Bonchev–Trinajstić information content (AvgIpc) is 2.32. The molecule has 1 rings (SSSR count). The molecule has 0 radical (unpaired) electrons. The quantitative estimate of drug-likeness (QED) is 0.450. The Kier molecular flexibility index (Phi) is 4.75. The molecule has 0 aliphatic heterocycles. The largest absolute Gasteiger partial charge is 0.342 e. The first-order valence-corrected chi connectivity index (χ1v) is 5.24. The Hall–Kier alpha value is -1.78. The van der Waals surface area contributed by atoms with Crippen LogP contribution in [0, 0.1) is 11.8 Å². The first-order chi connectivity index (χ1) is 8.07. The van der Waals surface area contributed by atoms with E-state index in [4.69, 9.17) is 0 Å². The van der Waals surface area contributed by atoms with E-state index in [0.29, 0.717) is 6.54 Å². The number of carbonyl (C=O) groups excluding carboxylic acids is 1. The van der Waals surface area contributed by atoms with Gasteiger partial charge in [0.2, 0.25) is 5.95 Å². The zero-order valence-corrected chi connectivity index (χ0v) is 9.62. The van der Waals surface area contributed by atoms with Crippen LogP contribution < -0.4 is 0 Å². The van der Waals surface area contributed by atoms with Gasteiger partial charge in [-0.15, -0.1) is 6.58 Å². The highest BCUT2D eigenvalue weighted by molar-refractivity contribution is 5.94. The second kappa shape index (κ2) is 6.08. The molecule has 0 aliphatic rings. The minimum Gasteiger partial charge on any atom is -0.342 e. The molecule has 0 aliphatic carbocycles. The maximum atomic E-state index is 13.3. The Bertz CT molecular complexity index is 421. The molecule has 0 unspecified atom stereocenters. The minimum atomic E-state index is -1.25. The van der Waals surface area contributed by atoms with Gasteiger partial charge in [-0.2, -0.15) is 4.39 Å². The van der Waals surface area contributed by atoms with Gasteiger partial charge < -0.3 is 4.90 Å². The number of unbranched alkanes of at least 4 members (excludes halogenated alkanes) is 1. The summed E-state index contributed by atoms with van der Waals surface area (Å²) < 4.78 is 26.1. The summed E-state index contributed by atoms with van der Waals surface area (Å²) in [5, 5.41) is 0. The summed E-state index contributed by atoms with van der Waals surface area (Å²) >= 11 is 0. The first-order valence-electron chi connectivity index (χ1n) is 5.24. The van der Waals surface area contributed by atoms with Gasteiger partial charge in [0.15, 0.2) is 5.82 Å². The molecule has 0 saturated heterocycles. The molecule has 0 fully saturated rings. The van der Waals surface area contributed by atoms with E-state index in [1.54, 1.807) is 13.1 Å². The normalized spacial score (nSPS) is 10.1. The molecular formula is C12H14F2N2O.